The van der Waals surface area contributed by atoms with Crippen LogP contribution in [0.4, 0.5) is 0 Å². The van der Waals surface area contributed by atoms with Crippen LogP contribution in [0.25, 0.3) is 10.8 Å². The molecule has 0 spiro atoms. The zero-order valence-corrected chi connectivity index (χ0v) is 12.6. The van der Waals surface area contributed by atoms with Gasteiger partial charge in [0.05, 0.1) is 0 Å². The van der Waals surface area contributed by atoms with Crippen molar-refractivity contribution in [2.75, 3.05) is 20.1 Å². The molecule has 0 radical (unpaired) electrons. The molecule has 20 heavy (non-hydrogen) atoms. The molecule has 5 heteroatoms. The highest BCUT2D eigenvalue weighted by molar-refractivity contribution is 7.78. The standard InChI is InChI=1S/C15H20N2O2S/c1-12-6-3-8-14-13(12)7-4-9-15(14)19-20(18)17-11-5-10-16-2/h3-4,6-9,16-17H,5,10-11H2,1-2H3. The van der Waals surface area contributed by atoms with Gasteiger partial charge in [-0.25, -0.2) is 4.72 Å². The summed E-state index contributed by atoms with van der Waals surface area (Å²) >= 11 is -1.51. The fourth-order valence-electron chi connectivity index (χ4n) is 2.04. The largest absolute Gasteiger partial charge is 0.388 e. The summed E-state index contributed by atoms with van der Waals surface area (Å²) in [4.78, 5) is 0. The van der Waals surface area contributed by atoms with Gasteiger partial charge in [0.2, 0.25) is 0 Å². The lowest BCUT2D eigenvalue weighted by Gasteiger charge is -2.09. The van der Waals surface area contributed by atoms with E-state index < -0.39 is 11.3 Å². The van der Waals surface area contributed by atoms with Crippen molar-refractivity contribution in [2.24, 2.45) is 0 Å². The maximum atomic E-state index is 11.9. The molecule has 2 aromatic rings. The van der Waals surface area contributed by atoms with Gasteiger partial charge < -0.3 is 9.50 Å². The molecular formula is C15H20N2O2S. The quantitative estimate of drug-likeness (QED) is 0.770. The summed E-state index contributed by atoms with van der Waals surface area (Å²) in [6, 6.07) is 11.8. The molecule has 0 amide bonds. The predicted molar refractivity (Wildman–Crippen MR) is 84.0 cm³/mol. The summed E-state index contributed by atoms with van der Waals surface area (Å²) in [5.41, 5.74) is 1.18. The number of aryl methyl sites for hydroxylation is 1. The van der Waals surface area contributed by atoms with E-state index >= 15 is 0 Å². The lowest BCUT2D eigenvalue weighted by Crippen LogP contribution is -2.25. The summed E-state index contributed by atoms with van der Waals surface area (Å²) < 4.78 is 20.2. The first-order valence-electron chi connectivity index (χ1n) is 6.69. The van der Waals surface area contributed by atoms with E-state index in [0.29, 0.717) is 12.3 Å². The molecule has 0 aliphatic heterocycles. The van der Waals surface area contributed by atoms with E-state index in [1.807, 2.05) is 37.4 Å². The Bertz CT molecular complexity index is 601. The Morgan fingerprint density at radius 1 is 1.10 bits per heavy atom. The summed E-state index contributed by atoms with van der Waals surface area (Å²) in [5.74, 6) is 0.644. The van der Waals surface area contributed by atoms with E-state index in [1.54, 1.807) is 0 Å². The van der Waals surface area contributed by atoms with Gasteiger partial charge in [-0.1, -0.05) is 30.3 Å². The summed E-state index contributed by atoms with van der Waals surface area (Å²) in [6.45, 7) is 3.59. The molecule has 2 aromatic carbocycles. The first-order valence-corrected chi connectivity index (χ1v) is 7.76. The molecule has 0 saturated heterocycles. The SMILES string of the molecule is CNCCCNS(=O)Oc1cccc2c(C)cccc12. The second-order valence-corrected chi connectivity index (χ2v) is 5.52. The van der Waals surface area contributed by atoms with Crippen LogP contribution in [0.1, 0.15) is 12.0 Å². The molecule has 0 aliphatic rings. The molecular weight excluding hydrogens is 272 g/mol. The smallest absolute Gasteiger partial charge is 0.288 e. The van der Waals surface area contributed by atoms with Crippen molar-refractivity contribution in [3.05, 3.63) is 42.0 Å². The maximum Gasteiger partial charge on any atom is 0.288 e. The van der Waals surface area contributed by atoms with Gasteiger partial charge in [-0.05, 0) is 44.0 Å². The number of rotatable bonds is 7. The lowest BCUT2D eigenvalue weighted by molar-refractivity contribution is 0.548. The number of nitrogens with one attached hydrogen (secondary N) is 2. The summed E-state index contributed by atoms with van der Waals surface area (Å²) in [6.07, 6.45) is 0.903. The molecule has 4 nitrogen and oxygen atoms in total. The highest BCUT2D eigenvalue weighted by Gasteiger charge is 2.07. The molecule has 2 N–H and O–H groups in total. The van der Waals surface area contributed by atoms with E-state index in [-0.39, 0.29) is 0 Å². The number of hydrogen-bond acceptors (Lipinski definition) is 3. The van der Waals surface area contributed by atoms with Crippen LogP contribution in [0.15, 0.2) is 36.4 Å². The Hall–Kier alpha value is -1.43. The van der Waals surface area contributed by atoms with Gasteiger partial charge >= 0.3 is 0 Å². The van der Waals surface area contributed by atoms with Crippen LogP contribution in [-0.4, -0.2) is 24.3 Å². The van der Waals surface area contributed by atoms with Crippen molar-refractivity contribution < 1.29 is 8.39 Å². The van der Waals surface area contributed by atoms with Gasteiger partial charge in [0.15, 0.2) is 0 Å². The Kier molecular flexibility index (Phi) is 5.52. The van der Waals surface area contributed by atoms with Gasteiger partial charge in [0.25, 0.3) is 11.3 Å². The van der Waals surface area contributed by atoms with E-state index in [2.05, 4.69) is 23.0 Å². The Balaban J connectivity index is 2.06. The monoisotopic (exact) mass is 292 g/mol. The minimum absolute atomic E-state index is 0.644. The van der Waals surface area contributed by atoms with E-state index in [0.717, 1.165) is 23.7 Å². The average Bonchev–Trinajstić information content (AvgIpc) is 2.45. The van der Waals surface area contributed by atoms with Crippen LogP contribution >= 0.6 is 0 Å². The molecule has 108 valence electrons. The molecule has 0 fully saturated rings. The topological polar surface area (TPSA) is 50.4 Å². The van der Waals surface area contributed by atoms with Crippen molar-refractivity contribution in [3.63, 3.8) is 0 Å². The van der Waals surface area contributed by atoms with Crippen molar-refractivity contribution in [2.45, 2.75) is 13.3 Å². The minimum atomic E-state index is -1.51. The fourth-order valence-corrected chi connectivity index (χ4v) is 2.72. The van der Waals surface area contributed by atoms with Gasteiger partial charge in [0.1, 0.15) is 5.75 Å². The van der Waals surface area contributed by atoms with E-state index in [1.165, 1.54) is 5.56 Å². The molecule has 0 aliphatic carbocycles. The van der Waals surface area contributed by atoms with Crippen molar-refractivity contribution in [1.29, 1.82) is 0 Å². The first kappa shape index (κ1) is 15.0. The molecule has 1 unspecified atom stereocenters. The van der Waals surface area contributed by atoms with Crippen LogP contribution in [0.2, 0.25) is 0 Å². The van der Waals surface area contributed by atoms with Crippen molar-refractivity contribution in [1.82, 2.24) is 10.0 Å². The third-order valence-electron chi connectivity index (χ3n) is 3.09. The Morgan fingerprint density at radius 3 is 2.65 bits per heavy atom. The predicted octanol–water partition coefficient (Wildman–Crippen LogP) is 2.30. The Morgan fingerprint density at radius 2 is 1.85 bits per heavy atom. The molecule has 1 atom stereocenters. The number of fused-ring (bicyclic) bond motifs is 1. The Labute approximate surface area is 122 Å². The number of benzene rings is 2. The maximum absolute atomic E-state index is 11.9. The lowest BCUT2D eigenvalue weighted by atomic mass is 10.1. The molecule has 0 aromatic heterocycles. The third kappa shape index (κ3) is 3.79. The fraction of sp³-hybridized carbons (Fsp3) is 0.333. The van der Waals surface area contributed by atoms with Crippen molar-refractivity contribution in [3.8, 4) is 5.75 Å². The van der Waals surface area contributed by atoms with Gasteiger partial charge in [-0.15, -0.1) is 0 Å². The van der Waals surface area contributed by atoms with Crippen LogP contribution in [0.3, 0.4) is 0 Å². The van der Waals surface area contributed by atoms with E-state index in [4.69, 9.17) is 4.18 Å². The minimum Gasteiger partial charge on any atom is -0.388 e. The molecule has 0 bridgehead atoms. The summed E-state index contributed by atoms with van der Waals surface area (Å²) in [7, 11) is 1.89. The van der Waals surface area contributed by atoms with Gasteiger partial charge in [-0.3, -0.25) is 0 Å². The zero-order chi connectivity index (χ0) is 14.4. The van der Waals surface area contributed by atoms with Crippen LogP contribution in [0, 0.1) is 6.92 Å². The van der Waals surface area contributed by atoms with Gasteiger partial charge in [-0.2, -0.15) is 4.21 Å². The first-order chi connectivity index (χ1) is 9.72. The summed E-state index contributed by atoms with van der Waals surface area (Å²) in [5, 5.41) is 5.15. The molecule has 0 heterocycles. The molecule has 2 rings (SSSR count). The second kappa shape index (κ2) is 7.38. The second-order valence-electron chi connectivity index (χ2n) is 4.60. The van der Waals surface area contributed by atoms with Crippen LogP contribution in [-0.2, 0) is 11.3 Å². The molecule has 0 saturated carbocycles. The van der Waals surface area contributed by atoms with Crippen LogP contribution < -0.4 is 14.2 Å². The average molecular weight is 292 g/mol. The number of hydrogen-bond donors (Lipinski definition) is 2. The third-order valence-corrected chi connectivity index (χ3v) is 3.86. The normalized spacial score (nSPS) is 12.5. The highest BCUT2D eigenvalue weighted by atomic mass is 32.2. The zero-order valence-electron chi connectivity index (χ0n) is 11.8. The van der Waals surface area contributed by atoms with Gasteiger partial charge in [0, 0.05) is 11.9 Å². The highest BCUT2D eigenvalue weighted by Crippen LogP contribution is 2.27. The van der Waals surface area contributed by atoms with Crippen molar-refractivity contribution >= 4 is 22.0 Å². The van der Waals surface area contributed by atoms with Crippen LogP contribution in [0.5, 0.6) is 5.75 Å². The van der Waals surface area contributed by atoms with E-state index in [9.17, 15) is 4.21 Å².